The molecule has 5 heterocycles. The van der Waals surface area contributed by atoms with Gasteiger partial charge in [-0.25, -0.2) is 9.34 Å². The molecule has 8 rings (SSSR count). The molecule has 5 aliphatic rings. The average molecular weight is 630 g/mol. The Morgan fingerprint density at radius 1 is 0.614 bits per heavy atom. The van der Waals surface area contributed by atoms with Gasteiger partial charge in [0.15, 0.2) is 12.2 Å². The van der Waals surface area contributed by atoms with E-state index < -0.39 is 29.1 Å². The summed E-state index contributed by atoms with van der Waals surface area (Å²) in [4.78, 5) is 29.9. The van der Waals surface area contributed by atoms with Gasteiger partial charge in [0.25, 0.3) is 11.8 Å². The molecule has 44 heavy (non-hydrogen) atoms. The predicted molar refractivity (Wildman–Crippen MR) is 173 cm³/mol. The van der Waals surface area contributed by atoms with Crippen LogP contribution in [-0.2, 0) is 25.2 Å². The van der Waals surface area contributed by atoms with Gasteiger partial charge in [-0.15, -0.1) is 0 Å². The lowest BCUT2D eigenvalue weighted by Gasteiger charge is -2.34. The molecule has 228 valence electrons. The number of amides is 2. The molecule has 5 aliphatic heterocycles. The lowest BCUT2D eigenvalue weighted by molar-refractivity contribution is -0.141. The molecular weight excluding hydrogens is 592 g/mol. The predicted octanol–water partition coefficient (Wildman–Crippen LogP) is 5.75. The van der Waals surface area contributed by atoms with E-state index >= 15 is 0 Å². The minimum Gasteiger partial charge on any atom is -0.315 e. The number of benzene rings is 3. The van der Waals surface area contributed by atoms with Gasteiger partial charge in [0.2, 0.25) is 16.9 Å². The number of hydrogen-bond acceptors (Lipinski definition) is 8. The van der Waals surface area contributed by atoms with Crippen LogP contribution in [0.5, 0.6) is 0 Å². The highest BCUT2D eigenvalue weighted by Crippen LogP contribution is 2.61. The van der Waals surface area contributed by atoms with Crippen molar-refractivity contribution in [3.63, 3.8) is 0 Å². The number of nitrogens with zero attached hydrogens (tertiary/aromatic N) is 5. The second-order valence-electron chi connectivity index (χ2n) is 12.1. The van der Waals surface area contributed by atoms with Crippen LogP contribution in [0.2, 0.25) is 0 Å². The molecule has 0 aromatic heterocycles. The molecule has 3 aromatic rings. The zero-order valence-electron chi connectivity index (χ0n) is 24.6. The first-order chi connectivity index (χ1) is 21.7. The number of anilines is 2. The number of imide groups is 1. The summed E-state index contributed by atoms with van der Waals surface area (Å²) >= 11 is 0. The molecule has 2 amide bonds. The number of carbonyl (C=O) groups is 2. The standard InChI is InChI=1S/C33H37N5O4P2/c39-32-30(41-43-35-20-10-18-28(35)23-37(43)26-14-6-2-7-15-26)31(33(40)34(32)22-25-12-4-1-5-13-25)42-44-36-21-11-19-29(36)24-38(44)27-16-8-3-9-17-27/h1-9,12-17,28-31H,10-11,18-24H2/t28-,29-,30+,31+,43?,44?/m0/s1. The number of fused-ring (bicyclic) bond motifs is 2. The Morgan fingerprint density at radius 3 is 1.50 bits per heavy atom. The van der Waals surface area contributed by atoms with Crippen LogP contribution in [0.25, 0.3) is 0 Å². The normalized spacial score (nSPS) is 30.5. The third-order valence-corrected chi connectivity index (χ3v) is 13.7. The van der Waals surface area contributed by atoms with Crippen LogP contribution >= 0.6 is 16.9 Å². The molecule has 5 fully saturated rings. The molecule has 0 bridgehead atoms. The first kappa shape index (κ1) is 28.6. The maximum atomic E-state index is 14.3. The van der Waals surface area contributed by atoms with Gasteiger partial charge < -0.3 is 18.4 Å². The molecule has 6 atom stereocenters. The lowest BCUT2D eigenvalue weighted by atomic mass is 10.2. The van der Waals surface area contributed by atoms with Crippen LogP contribution in [0.3, 0.4) is 0 Å². The van der Waals surface area contributed by atoms with Crippen LogP contribution in [0.15, 0.2) is 91.0 Å². The zero-order chi connectivity index (χ0) is 29.6. The monoisotopic (exact) mass is 629 g/mol. The van der Waals surface area contributed by atoms with Gasteiger partial charge in [-0.3, -0.25) is 14.5 Å². The largest absolute Gasteiger partial charge is 0.315 e. The van der Waals surface area contributed by atoms with Crippen LogP contribution in [-0.4, -0.2) is 76.5 Å². The molecule has 11 heteroatoms. The molecule has 0 saturated carbocycles. The molecule has 0 N–H and O–H groups in total. The fourth-order valence-corrected chi connectivity index (χ4v) is 11.8. The topological polar surface area (TPSA) is 68.8 Å². The third-order valence-electron chi connectivity index (χ3n) is 9.31. The van der Waals surface area contributed by atoms with Gasteiger partial charge in [0.1, 0.15) is 0 Å². The fourth-order valence-electron chi connectivity index (χ4n) is 7.12. The molecule has 9 nitrogen and oxygen atoms in total. The number of carbonyl (C=O) groups excluding carboxylic acids is 2. The summed E-state index contributed by atoms with van der Waals surface area (Å²) in [6.45, 7) is 3.77. The summed E-state index contributed by atoms with van der Waals surface area (Å²) < 4.78 is 23.3. The Balaban J connectivity index is 1.13. The van der Waals surface area contributed by atoms with Crippen molar-refractivity contribution in [3.8, 4) is 0 Å². The zero-order valence-corrected chi connectivity index (χ0v) is 26.4. The van der Waals surface area contributed by atoms with Crippen molar-refractivity contribution in [2.75, 3.05) is 35.5 Å². The van der Waals surface area contributed by atoms with Gasteiger partial charge in [0, 0.05) is 49.6 Å². The highest BCUT2D eigenvalue weighted by Gasteiger charge is 2.57. The Hall–Kier alpha value is -2.90. The first-order valence-corrected chi connectivity index (χ1v) is 18.0. The van der Waals surface area contributed by atoms with Gasteiger partial charge in [0.05, 0.1) is 6.54 Å². The van der Waals surface area contributed by atoms with Gasteiger partial charge in [-0.05, 0) is 55.5 Å². The van der Waals surface area contributed by atoms with Crippen molar-refractivity contribution in [1.29, 1.82) is 0 Å². The molecule has 5 saturated heterocycles. The van der Waals surface area contributed by atoms with E-state index in [0.717, 1.165) is 68.8 Å². The molecular formula is C33H37N5O4P2. The summed E-state index contributed by atoms with van der Waals surface area (Å²) in [5.41, 5.74) is 3.07. The second-order valence-corrected chi connectivity index (χ2v) is 15.5. The molecule has 0 radical (unpaired) electrons. The average Bonchev–Trinajstić information content (AvgIpc) is 3.87. The smallest absolute Gasteiger partial charge is 0.262 e. The SMILES string of the molecule is O=C1[C@H](OP2N(c3ccccc3)C[C@@H]3CCCN32)[C@@H](OP2N(c3ccccc3)C[C@@H]3CCCN32)C(=O)N1Cc1ccccc1. The van der Waals surface area contributed by atoms with Gasteiger partial charge in [-0.1, -0.05) is 66.7 Å². The van der Waals surface area contributed by atoms with Crippen molar-refractivity contribution in [2.45, 2.75) is 56.5 Å². The van der Waals surface area contributed by atoms with Crippen molar-refractivity contribution < 1.29 is 18.6 Å². The van der Waals surface area contributed by atoms with Gasteiger partial charge >= 0.3 is 0 Å². The maximum absolute atomic E-state index is 14.3. The van der Waals surface area contributed by atoms with Crippen LogP contribution in [0.4, 0.5) is 11.4 Å². The fraction of sp³-hybridized carbons (Fsp3) is 0.394. The summed E-state index contributed by atoms with van der Waals surface area (Å²) in [6.07, 6.45) is 2.42. The number of likely N-dealkylation sites (tertiary alicyclic amines) is 1. The summed E-state index contributed by atoms with van der Waals surface area (Å²) in [6, 6.07) is 31.1. The van der Waals surface area contributed by atoms with Crippen molar-refractivity contribution in [3.05, 3.63) is 96.6 Å². The van der Waals surface area contributed by atoms with Crippen molar-refractivity contribution in [1.82, 2.24) is 14.2 Å². The number of para-hydroxylation sites is 2. The van der Waals surface area contributed by atoms with E-state index in [1.807, 2.05) is 66.7 Å². The molecule has 2 unspecified atom stereocenters. The Morgan fingerprint density at radius 2 is 1.05 bits per heavy atom. The summed E-state index contributed by atoms with van der Waals surface area (Å²) in [7, 11) is -2.61. The molecule has 0 spiro atoms. The maximum Gasteiger partial charge on any atom is 0.262 e. The van der Waals surface area contributed by atoms with E-state index in [4.69, 9.17) is 9.05 Å². The summed E-state index contributed by atoms with van der Waals surface area (Å²) in [5.74, 6) is -0.610. The number of hydrogen-bond donors (Lipinski definition) is 0. The first-order valence-electron chi connectivity index (χ1n) is 15.7. The van der Waals surface area contributed by atoms with Crippen molar-refractivity contribution in [2.24, 2.45) is 0 Å². The Labute approximate surface area is 261 Å². The van der Waals surface area contributed by atoms with E-state index in [1.54, 1.807) is 0 Å². The van der Waals surface area contributed by atoms with Crippen LogP contribution < -0.4 is 9.34 Å². The minimum absolute atomic E-state index is 0.206. The van der Waals surface area contributed by atoms with Gasteiger partial charge in [-0.2, -0.15) is 0 Å². The number of rotatable bonds is 8. The van der Waals surface area contributed by atoms with E-state index in [0.29, 0.717) is 12.1 Å². The highest BCUT2D eigenvalue weighted by molar-refractivity contribution is 7.52. The van der Waals surface area contributed by atoms with E-state index in [2.05, 4.69) is 42.9 Å². The second kappa shape index (κ2) is 12.1. The molecule has 0 aliphatic carbocycles. The van der Waals surface area contributed by atoms with E-state index in [9.17, 15) is 9.59 Å². The third kappa shape index (κ3) is 5.14. The van der Waals surface area contributed by atoms with Crippen LogP contribution in [0.1, 0.15) is 31.2 Å². The Kier molecular flexibility index (Phi) is 7.87. The van der Waals surface area contributed by atoms with Crippen molar-refractivity contribution >= 4 is 40.1 Å². The highest BCUT2D eigenvalue weighted by atomic mass is 31.2. The quantitative estimate of drug-likeness (QED) is 0.231. The molecule has 3 aromatic carbocycles. The Bertz CT molecular complexity index is 1400. The summed E-state index contributed by atoms with van der Waals surface area (Å²) in [5, 5.41) is 0. The van der Waals surface area contributed by atoms with E-state index in [-0.39, 0.29) is 18.4 Å². The van der Waals surface area contributed by atoms with Crippen LogP contribution in [0, 0.1) is 0 Å². The van der Waals surface area contributed by atoms with E-state index in [1.165, 1.54) is 4.90 Å². The lowest BCUT2D eigenvalue weighted by Crippen LogP contribution is -2.36. The minimum atomic E-state index is -1.30.